The second-order valence-electron chi connectivity index (χ2n) is 8.93. The van der Waals surface area contributed by atoms with Crippen LogP contribution in [0, 0.1) is 0 Å². The Hall–Kier alpha value is -2.37. The maximum atomic E-state index is 12.3. The summed E-state index contributed by atoms with van der Waals surface area (Å²) in [4.78, 5) is 34.8. The number of nitrogens with one attached hydrogen (secondary N) is 1. The minimum atomic E-state index is -1.25. The molecular formula is C27H43NO5. The van der Waals surface area contributed by atoms with Crippen LogP contribution in [-0.2, 0) is 0 Å². The van der Waals surface area contributed by atoms with Crippen molar-refractivity contribution >= 4 is 17.8 Å². The number of amides is 1. The molecule has 6 nitrogen and oxygen atoms in total. The Morgan fingerprint density at radius 2 is 1.09 bits per heavy atom. The van der Waals surface area contributed by atoms with Crippen molar-refractivity contribution in [2.24, 2.45) is 0 Å². The van der Waals surface area contributed by atoms with E-state index in [2.05, 4.69) is 12.2 Å². The first-order chi connectivity index (χ1) is 16.0. The molecule has 0 aliphatic heterocycles. The number of unbranched alkanes of at least 4 members (excludes halogenated alkanes) is 15. The van der Waals surface area contributed by atoms with E-state index >= 15 is 0 Å². The van der Waals surface area contributed by atoms with Gasteiger partial charge in [0.2, 0.25) is 0 Å². The third-order valence-corrected chi connectivity index (χ3v) is 6.06. The first-order valence-corrected chi connectivity index (χ1v) is 12.9. The van der Waals surface area contributed by atoms with Crippen molar-refractivity contribution in [3.05, 3.63) is 34.9 Å². The van der Waals surface area contributed by atoms with Crippen molar-refractivity contribution in [2.75, 3.05) is 6.54 Å². The minimum absolute atomic E-state index is 0.104. The Morgan fingerprint density at radius 3 is 1.52 bits per heavy atom. The fourth-order valence-corrected chi connectivity index (χ4v) is 4.02. The highest BCUT2D eigenvalue weighted by Crippen LogP contribution is 2.15. The van der Waals surface area contributed by atoms with Gasteiger partial charge in [-0.3, -0.25) is 4.79 Å². The summed E-state index contributed by atoms with van der Waals surface area (Å²) < 4.78 is 0. The van der Waals surface area contributed by atoms with Crippen molar-refractivity contribution in [1.29, 1.82) is 0 Å². The maximum absolute atomic E-state index is 12.3. The zero-order valence-electron chi connectivity index (χ0n) is 20.4. The molecule has 0 spiro atoms. The van der Waals surface area contributed by atoms with Gasteiger partial charge in [0.05, 0.1) is 16.7 Å². The predicted octanol–water partition coefficient (Wildman–Crippen LogP) is 7.07. The fourth-order valence-electron chi connectivity index (χ4n) is 4.02. The molecule has 1 aromatic rings. The first-order valence-electron chi connectivity index (χ1n) is 12.9. The van der Waals surface area contributed by atoms with Gasteiger partial charge in [0.1, 0.15) is 0 Å². The lowest BCUT2D eigenvalue weighted by Crippen LogP contribution is -2.26. The summed E-state index contributed by atoms with van der Waals surface area (Å²) in [5, 5.41) is 21.0. The number of hydrogen-bond donors (Lipinski definition) is 3. The smallest absolute Gasteiger partial charge is 0.336 e. The molecule has 0 atom stereocenters. The van der Waals surface area contributed by atoms with E-state index in [1.165, 1.54) is 89.5 Å². The van der Waals surface area contributed by atoms with Gasteiger partial charge in [-0.25, -0.2) is 9.59 Å². The van der Waals surface area contributed by atoms with Crippen LogP contribution in [0.15, 0.2) is 18.2 Å². The number of carboxylic acids is 2. The molecule has 0 aromatic heterocycles. The van der Waals surface area contributed by atoms with E-state index in [4.69, 9.17) is 5.11 Å². The number of carbonyl (C=O) groups is 3. The molecule has 0 aliphatic carbocycles. The van der Waals surface area contributed by atoms with E-state index in [9.17, 15) is 19.5 Å². The highest BCUT2D eigenvalue weighted by Gasteiger charge is 2.18. The number of carboxylic acid groups (broad SMARTS) is 2. The van der Waals surface area contributed by atoms with Crippen molar-refractivity contribution in [2.45, 2.75) is 110 Å². The highest BCUT2D eigenvalue weighted by molar-refractivity contribution is 6.06. The Morgan fingerprint density at radius 1 is 0.636 bits per heavy atom. The molecule has 0 fully saturated rings. The number of carbonyl (C=O) groups excluding carboxylic acids is 1. The zero-order chi connectivity index (χ0) is 24.3. The molecule has 3 N–H and O–H groups in total. The highest BCUT2D eigenvalue weighted by atomic mass is 16.4. The van der Waals surface area contributed by atoms with Crippen LogP contribution in [0.3, 0.4) is 0 Å². The summed E-state index contributed by atoms with van der Waals surface area (Å²) in [6.07, 6.45) is 20.4. The number of rotatable bonds is 20. The number of benzene rings is 1. The number of hydrogen-bond acceptors (Lipinski definition) is 3. The summed E-state index contributed by atoms with van der Waals surface area (Å²) in [6, 6.07) is 3.47. The molecule has 1 amide bonds. The standard InChI is InChI=1S/C27H43NO5/c1-2-3-4-5-6-7-8-9-10-11-12-13-14-15-16-17-20-28-25(29)24-21-22(26(30)31)18-19-23(24)27(32)33/h18-19,21H,2-17,20H2,1H3,(H,28,29)(H,30,31)(H,32,33). The zero-order valence-corrected chi connectivity index (χ0v) is 20.4. The molecule has 0 heterocycles. The van der Waals surface area contributed by atoms with E-state index in [1.54, 1.807) is 0 Å². The molecule has 0 bridgehead atoms. The molecule has 0 radical (unpaired) electrons. The van der Waals surface area contributed by atoms with Gasteiger partial charge in [-0.2, -0.15) is 0 Å². The van der Waals surface area contributed by atoms with E-state index < -0.39 is 17.8 Å². The van der Waals surface area contributed by atoms with Gasteiger partial charge in [0.15, 0.2) is 0 Å². The molecule has 0 saturated heterocycles. The van der Waals surface area contributed by atoms with Crippen LogP contribution >= 0.6 is 0 Å². The van der Waals surface area contributed by atoms with Crippen molar-refractivity contribution in [1.82, 2.24) is 5.32 Å². The van der Waals surface area contributed by atoms with Gasteiger partial charge in [0.25, 0.3) is 5.91 Å². The van der Waals surface area contributed by atoms with Gasteiger partial charge in [0, 0.05) is 6.54 Å². The third-order valence-electron chi connectivity index (χ3n) is 6.06. The summed E-state index contributed by atoms with van der Waals surface area (Å²) in [7, 11) is 0. The molecule has 0 unspecified atom stereocenters. The topological polar surface area (TPSA) is 104 Å². The quantitative estimate of drug-likeness (QED) is 0.180. The lowest BCUT2D eigenvalue weighted by molar-refractivity contribution is 0.0678. The monoisotopic (exact) mass is 461 g/mol. The molecule has 0 aliphatic rings. The SMILES string of the molecule is CCCCCCCCCCCCCCCCCCNC(=O)c1cc(C(=O)O)ccc1C(=O)O. The normalized spacial score (nSPS) is 10.8. The van der Waals surface area contributed by atoms with E-state index in [-0.39, 0.29) is 16.7 Å². The summed E-state index contributed by atoms with van der Waals surface area (Å²) in [5.41, 5.74) is -0.407. The molecule has 186 valence electrons. The fraction of sp³-hybridized carbons (Fsp3) is 0.667. The molecule has 6 heteroatoms. The van der Waals surface area contributed by atoms with E-state index in [0.29, 0.717) is 6.54 Å². The van der Waals surface area contributed by atoms with Crippen LogP contribution in [-0.4, -0.2) is 34.6 Å². The molecular weight excluding hydrogens is 418 g/mol. The maximum Gasteiger partial charge on any atom is 0.336 e. The predicted molar refractivity (Wildman–Crippen MR) is 132 cm³/mol. The lowest BCUT2D eigenvalue weighted by Gasteiger charge is -2.09. The first kappa shape index (κ1) is 28.7. The average molecular weight is 462 g/mol. The molecule has 0 saturated carbocycles. The van der Waals surface area contributed by atoms with Gasteiger partial charge in [-0.15, -0.1) is 0 Å². The number of aromatic carboxylic acids is 2. The third kappa shape index (κ3) is 13.1. The van der Waals surface area contributed by atoms with Crippen molar-refractivity contribution in [3.63, 3.8) is 0 Å². The van der Waals surface area contributed by atoms with Crippen molar-refractivity contribution < 1.29 is 24.6 Å². The molecule has 1 rings (SSSR count). The Kier molecular flexibility index (Phi) is 15.7. The molecule has 1 aromatic carbocycles. The van der Waals surface area contributed by atoms with Crippen LogP contribution in [0.25, 0.3) is 0 Å². The average Bonchev–Trinajstić information content (AvgIpc) is 2.80. The lowest BCUT2D eigenvalue weighted by atomic mass is 10.0. The van der Waals surface area contributed by atoms with Crippen LogP contribution in [0.4, 0.5) is 0 Å². The van der Waals surface area contributed by atoms with Crippen LogP contribution in [0.2, 0.25) is 0 Å². The largest absolute Gasteiger partial charge is 0.478 e. The van der Waals surface area contributed by atoms with Gasteiger partial charge < -0.3 is 15.5 Å². The van der Waals surface area contributed by atoms with Gasteiger partial charge in [-0.05, 0) is 24.6 Å². The molecule has 33 heavy (non-hydrogen) atoms. The van der Waals surface area contributed by atoms with Crippen molar-refractivity contribution in [3.8, 4) is 0 Å². The minimum Gasteiger partial charge on any atom is -0.478 e. The second kappa shape index (κ2) is 18.1. The van der Waals surface area contributed by atoms with Gasteiger partial charge in [-0.1, -0.05) is 103 Å². The second-order valence-corrected chi connectivity index (χ2v) is 8.93. The van der Waals surface area contributed by atoms with E-state index in [1.807, 2.05) is 0 Å². The van der Waals surface area contributed by atoms with E-state index in [0.717, 1.165) is 31.4 Å². The Bertz CT molecular complexity index is 716. The summed E-state index contributed by atoms with van der Waals surface area (Å²) in [6.45, 7) is 2.71. The Labute approximate surface area is 199 Å². The van der Waals surface area contributed by atoms with Gasteiger partial charge >= 0.3 is 11.9 Å². The Balaban J connectivity index is 2.05. The van der Waals surface area contributed by atoms with Crippen LogP contribution in [0.5, 0.6) is 0 Å². The summed E-state index contributed by atoms with van der Waals surface area (Å²) >= 11 is 0. The van der Waals surface area contributed by atoms with Crippen LogP contribution < -0.4 is 5.32 Å². The summed E-state index contributed by atoms with van der Waals surface area (Å²) in [5.74, 6) is -2.99. The van der Waals surface area contributed by atoms with Crippen LogP contribution in [0.1, 0.15) is 141 Å².